The Morgan fingerprint density at radius 1 is 1.26 bits per heavy atom. The van der Waals surface area contributed by atoms with Crippen LogP contribution in [0.15, 0.2) is 36.3 Å². The third-order valence-electron chi connectivity index (χ3n) is 10.5. The number of ketones is 1. The Balaban J connectivity index is 1.39. The van der Waals surface area contributed by atoms with Crippen LogP contribution in [-0.2, 0) is 11.2 Å². The first kappa shape index (κ1) is 23.1. The molecule has 6 rings (SSSR count). The van der Waals surface area contributed by atoms with Gasteiger partial charge in [-0.25, -0.2) is 4.68 Å². The molecule has 3 fully saturated rings. The first-order chi connectivity index (χ1) is 16.6. The smallest absolute Gasteiger partial charge is 0.190 e. The lowest BCUT2D eigenvalue weighted by molar-refractivity contribution is -0.186. The van der Waals surface area contributed by atoms with Crippen LogP contribution in [-0.4, -0.2) is 54.2 Å². The molecule has 2 aromatic heterocycles. The minimum absolute atomic E-state index is 0.0526. The van der Waals surface area contributed by atoms with Gasteiger partial charge in [0.2, 0.25) is 0 Å². The lowest BCUT2D eigenvalue weighted by atomic mass is 9.45. The van der Waals surface area contributed by atoms with Crippen LogP contribution in [0.1, 0.15) is 57.7 Å². The molecule has 0 bridgehead atoms. The lowest BCUT2D eigenvalue weighted by Crippen LogP contribution is -2.63. The van der Waals surface area contributed by atoms with E-state index in [2.05, 4.69) is 23.1 Å². The van der Waals surface area contributed by atoms with Crippen LogP contribution in [0.4, 0.5) is 0 Å². The average Bonchev–Trinajstić information content (AvgIpc) is 3.33. The minimum Gasteiger partial charge on any atom is -0.393 e. The summed E-state index contributed by atoms with van der Waals surface area (Å²) in [5.41, 5.74) is 2.09. The Bertz CT molecular complexity index is 1210. The van der Waals surface area contributed by atoms with Gasteiger partial charge in [-0.3, -0.25) is 9.78 Å². The Morgan fingerprint density at radius 3 is 2.71 bits per heavy atom. The zero-order valence-corrected chi connectivity index (χ0v) is 20.7. The molecule has 0 spiro atoms. The summed E-state index contributed by atoms with van der Waals surface area (Å²) < 4.78 is 1.98. The molecule has 0 aromatic carbocycles. The molecule has 0 amide bonds. The number of hydrogen-bond acceptors (Lipinski definition) is 6. The molecule has 0 aliphatic heterocycles. The van der Waals surface area contributed by atoms with E-state index in [-0.39, 0.29) is 29.1 Å². The maximum atomic E-state index is 12.8. The number of pyridine rings is 1. The second-order valence-electron chi connectivity index (χ2n) is 11.9. The Labute approximate surface area is 205 Å². The van der Waals surface area contributed by atoms with Gasteiger partial charge in [0.25, 0.3) is 0 Å². The van der Waals surface area contributed by atoms with Gasteiger partial charge in [-0.15, -0.1) is 0 Å². The van der Waals surface area contributed by atoms with Gasteiger partial charge < -0.3 is 15.3 Å². The number of aliphatic hydroxyl groups is 3. The third-order valence-corrected chi connectivity index (χ3v) is 10.5. The summed E-state index contributed by atoms with van der Waals surface area (Å²) in [6, 6.07) is 3.91. The fraction of sp³-hybridized carbons (Fsp3) is 0.607. The van der Waals surface area contributed by atoms with E-state index in [0.29, 0.717) is 6.42 Å². The average molecular weight is 478 g/mol. The van der Waals surface area contributed by atoms with E-state index in [1.807, 2.05) is 36.9 Å². The standard InChI is InChI=1S/C28H35N3O4/c1-16-10-21-20-5-4-18-11-22-17(14-30-31(22)19-6-8-29-9-7-19)12-26(18,2)25(20)23(33)13-27(21,3)28(16,35)24(34)15-32/h6-9,11,14,16,20-21,23,25,32-33,35H,4-5,10,12-13,15H2,1-3H3/t16-,20?,21?,23?,25?,26?,27?,28+/m1/s1. The molecule has 0 radical (unpaired) electrons. The normalized spacial score (nSPS) is 41.9. The van der Waals surface area contributed by atoms with Gasteiger partial charge in [0.15, 0.2) is 5.78 Å². The van der Waals surface area contributed by atoms with Crippen molar-refractivity contribution in [1.82, 2.24) is 14.8 Å². The lowest BCUT2D eigenvalue weighted by Gasteiger charge is -2.60. The monoisotopic (exact) mass is 477 g/mol. The number of carbonyl (C=O) groups excluding carboxylic acids is 1. The first-order valence-corrected chi connectivity index (χ1v) is 12.9. The molecule has 3 N–H and O–H groups in total. The highest BCUT2D eigenvalue weighted by Gasteiger charge is 2.70. The zero-order valence-electron chi connectivity index (χ0n) is 20.7. The second kappa shape index (κ2) is 7.58. The molecular weight excluding hydrogens is 442 g/mol. The zero-order chi connectivity index (χ0) is 24.8. The molecule has 6 unspecified atom stereocenters. The van der Waals surface area contributed by atoms with Crippen molar-refractivity contribution in [3.05, 3.63) is 47.6 Å². The summed E-state index contributed by atoms with van der Waals surface area (Å²) in [7, 11) is 0. The third kappa shape index (κ3) is 2.86. The van der Waals surface area contributed by atoms with E-state index in [4.69, 9.17) is 0 Å². The SMILES string of the molecule is C[C@@H]1CC2C3CCC4=Cc5c(cnn5-c5ccncc5)CC4(C)C3C(O)CC2(C)[C@@]1(O)C(=O)CO. The molecule has 4 aliphatic rings. The van der Waals surface area contributed by atoms with Crippen molar-refractivity contribution in [2.24, 2.45) is 34.5 Å². The minimum atomic E-state index is -1.60. The van der Waals surface area contributed by atoms with E-state index >= 15 is 0 Å². The van der Waals surface area contributed by atoms with Crippen LogP contribution in [0.3, 0.4) is 0 Å². The number of hydrogen-bond donors (Lipinski definition) is 3. The second-order valence-corrected chi connectivity index (χ2v) is 11.9. The topological polar surface area (TPSA) is 108 Å². The highest BCUT2D eigenvalue weighted by Crippen LogP contribution is 2.68. The van der Waals surface area contributed by atoms with Crippen molar-refractivity contribution >= 4 is 11.9 Å². The fourth-order valence-corrected chi connectivity index (χ4v) is 8.92. The number of aliphatic hydroxyl groups excluding tert-OH is 2. The highest BCUT2D eigenvalue weighted by atomic mass is 16.3. The van der Waals surface area contributed by atoms with Crippen LogP contribution in [0.5, 0.6) is 0 Å². The van der Waals surface area contributed by atoms with E-state index in [1.54, 1.807) is 12.4 Å². The molecular formula is C28H35N3O4. The largest absolute Gasteiger partial charge is 0.393 e. The van der Waals surface area contributed by atoms with Crippen molar-refractivity contribution in [1.29, 1.82) is 0 Å². The van der Waals surface area contributed by atoms with Crippen LogP contribution >= 0.6 is 0 Å². The van der Waals surface area contributed by atoms with Crippen LogP contribution in [0.2, 0.25) is 0 Å². The number of fused-ring (bicyclic) bond motifs is 6. The van der Waals surface area contributed by atoms with E-state index < -0.39 is 29.5 Å². The molecule has 4 aliphatic carbocycles. The molecule has 0 saturated heterocycles. The number of aromatic nitrogens is 3. The van der Waals surface area contributed by atoms with Crippen molar-refractivity contribution in [3.63, 3.8) is 0 Å². The molecule has 2 aromatic rings. The van der Waals surface area contributed by atoms with Gasteiger partial charge in [-0.2, -0.15) is 5.10 Å². The number of allylic oxidation sites excluding steroid dienone is 1. The molecule has 2 heterocycles. The van der Waals surface area contributed by atoms with Gasteiger partial charge in [0.1, 0.15) is 12.2 Å². The van der Waals surface area contributed by atoms with Gasteiger partial charge in [0.05, 0.1) is 23.7 Å². The maximum Gasteiger partial charge on any atom is 0.190 e. The summed E-state index contributed by atoms with van der Waals surface area (Å²) in [5.74, 6) is -0.355. The van der Waals surface area contributed by atoms with Gasteiger partial charge >= 0.3 is 0 Å². The fourth-order valence-electron chi connectivity index (χ4n) is 8.92. The van der Waals surface area contributed by atoms with Crippen LogP contribution in [0.25, 0.3) is 11.8 Å². The molecule has 7 nitrogen and oxygen atoms in total. The summed E-state index contributed by atoms with van der Waals surface area (Å²) >= 11 is 0. The van der Waals surface area contributed by atoms with Crippen LogP contribution < -0.4 is 0 Å². The predicted octanol–water partition coefficient (Wildman–Crippen LogP) is 2.96. The summed E-state index contributed by atoms with van der Waals surface area (Å²) in [6.45, 7) is 5.52. The Kier molecular flexibility index (Phi) is 4.99. The molecule has 8 atom stereocenters. The van der Waals surface area contributed by atoms with E-state index in [9.17, 15) is 20.1 Å². The molecule has 186 valence electrons. The molecule has 7 heteroatoms. The molecule has 35 heavy (non-hydrogen) atoms. The Hall–Kier alpha value is -2.35. The molecule has 3 saturated carbocycles. The summed E-state index contributed by atoms with van der Waals surface area (Å²) in [4.78, 5) is 16.9. The summed E-state index contributed by atoms with van der Waals surface area (Å²) in [6.07, 6.45) is 10.9. The van der Waals surface area contributed by atoms with E-state index in [0.717, 1.165) is 37.1 Å². The van der Waals surface area contributed by atoms with Gasteiger partial charge in [-0.05, 0) is 85.0 Å². The number of rotatable bonds is 3. The first-order valence-electron chi connectivity index (χ1n) is 12.9. The van der Waals surface area contributed by atoms with Crippen molar-refractivity contribution in [3.8, 4) is 5.69 Å². The number of nitrogens with zero attached hydrogens (tertiary/aromatic N) is 3. The predicted molar refractivity (Wildman–Crippen MR) is 130 cm³/mol. The number of Topliss-reactive ketones (excluding diaryl/α,β-unsaturated/α-hetero) is 1. The van der Waals surface area contributed by atoms with E-state index in [1.165, 1.54) is 11.1 Å². The Morgan fingerprint density at radius 2 is 2.00 bits per heavy atom. The highest BCUT2D eigenvalue weighted by molar-refractivity contribution is 5.90. The number of carbonyl (C=O) groups is 1. The van der Waals surface area contributed by atoms with Crippen LogP contribution in [0, 0.1) is 34.5 Å². The van der Waals surface area contributed by atoms with Crippen molar-refractivity contribution in [2.75, 3.05) is 6.61 Å². The maximum absolute atomic E-state index is 12.8. The van der Waals surface area contributed by atoms with Crippen molar-refractivity contribution < 1.29 is 20.1 Å². The van der Waals surface area contributed by atoms with Crippen molar-refractivity contribution in [2.45, 2.75) is 64.6 Å². The quantitative estimate of drug-likeness (QED) is 0.627. The van der Waals surface area contributed by atoms with Gasteiger partial charge in [-0.1, -0.05) is 26.3 Å². The summed E-state index contributed by atoms with van der Waals surface area (Å²) in [5, 5.41) is 37.7. The van der Waals surface area contributed by atoms with Gasteiger partial charge in [0, 0.05) is 17.8 Å².